The fourth-order valence-corrected chi connectivity index (χ4v) is 4.65. The molecular weight excluding hydrogens is 398 g/mol. The van der Waals surface area contributed by atoms with Gasteiger partial charge in [-0.3, -0.25) is 14.5 Å². The maximum absolute atomic E-state index is 12.5. The number of ether oxygens (including phenoxy) is 1. The summed E-state index contributed by atoms with van der Waals surface area (Å²) >= 11 is 1.40. The lowest BCUT2D eigenvalue weighted by atomic mass is 10.1. The summed E-state index contributed by atoms with van der Waals surface area (Å²) in [4.78, 5) is 27.2. The summed E-state index contributed by atoms with van der Waals surface area (Å²) in [7, 11) is 0. The van der Waals surface area contributed by atoms with Gasteiger partial charge in [0.25, 0.3) is 0 Å². The van der Waals surface area contributed by atoms with E-state index < -0.39 is 0 Å². The second kappa shape index (κ2) is 10.1. The van der Waals surface area contributed by atoms with E-state index in [1.165, 1.54) is 17.3 Å². The third-order valence-electron chi connectivity index (χ3n) is 5.41. The first-order valence-corrected chi connectivity index (χ1v) is 11.4. The monoisotopic (exact) mass is 425 g/mol. The van der Waals surface area contributed by atoms with Gasteiger partial charge in [0.05, 0.1) is 24.2 Å². The standard InChI is InChI=1S/C23H27N3O3S/c27-22(16-30-21-10-7-18-3-1-2-4-20(18)25-23(21)28)24-19-8-5-17(6-9-19)15-26-11-13-29-14-12-26/h1-6,8-9,21H,7,10-16H2,(H,24,27)(H,25,28). The molecule has 0 spiro atoms. The SMILES string of the molecule is O=C(CSC1CCc2ccccc2NC1=O)Nc1ccc(CN2CCOCC2)cc1. The van der Waals surface area contributed by atoms with E-state index in [1.807, 2.05) is 48.5 Å². The van der Waals surface area contributed by atoms with E-state index in [1.54, 1.807) is 0 Å². The molecule has 2 aliphatic heterocycles. The van der Waals surface area contributed by atoms with Crippen LogP contribution in [0.25, 0.3) is 0 Å². The highest BCUT2D eigenvalue weighted by Crippen LogP contribution is 2.27. The van der Waals surface area contributed by atoms with E-state index in [-0.39, 0.29) is 22.8 Å². The van der Waals surface area contributed by atoms with Crippen LogP contribution >= 0.6 is 11.8 Å². The van der Waals surface area contributed by atoms with E-state index in [0.29, 0.717) is 0 Å². The number of morpholine rings is 1. The first-order valence-electron chi connectivity index (χ1n) is 10.4. The van der Waals surface area contributed by atoms with Gasteiger partial charge in [-0.1, -0.05) is 30.3 Å². The first kappa shape index (κ1) is 20.9. The molecule has 2 aromatic carbocycles. The van der Waals surface area contributed by atoms with Gasteiger partial charge in [0.1, 0.15) is 0 Å². The molecule has 6 nitrogen and oxygen atoms in total. The van der Waals surface area contributed by atoms with Crippen molar-refractivity contribution in [2.24, 2.45) is 0 Å². The van der Waals surface area contributed by atoms with Crippen LogP contribution in [-0.2, 0) is 27.3 Å². The number of carbonyl (C=O) groups excluding carboxylic acids is 2. The molecule has 2 N–H and O–H groups in total. The van der Waals surface area contributed by atoms with Gasteiger partial charge in [-0.05, 0) is 42.2 Å². The van der Waals surface area contributed by atoms with Gasteiger partial charge < -0.3 is 15.4 Å². The Morgan fingerprint density at radius 3 is 2.70 bits per heavy atom. The van der Waals surface area contributed by atoms with Gasteiger partial charge in [0.2, 0.25) is 11.8 Å². The Bertz CT molecular complexity index is 882. The van der Waals surface area contributed by atoms with E-state index >= 15 is 0 Å². The molecular formula is C23H27N3O3S. The zero-order chi connectivity index (χ0) is 20.8. The van der Waals surface area contributed by atoms with Crippen LogP contribution in [0.4, 0.5) is 11.4 Å². The molecule has 2 aromatic rings. The molecule has 0 bridgehead atoms. The number of benzene rings is 2. The number of hydrogen-bond donors (Lipinski definition) is 2. The van der Waals surface area contributed by atoms with E-state index in [9.17, 15) is 9.59 Å². The van der Waals surface area contributed by atoms with Crippen LogP contribution in [-0.4, -0.2) is 54.0 Å². The number of nitrogens with one attached hydrogen (secondary N) is 2. The maximum Gasteiger partial charge on any atom is 0.237 e. The van der Waals surface area contributed by atoms with Crippen molar-refractivity contribution in [1.29, 1.82) is 0 Å². The minimum Gasteiger partial charge on any atom is -0.379 e. The summed E-state index contributed by atoms with van der Waals surface area (Å²) in [5.74, 6) is 0.143. The number of rotatable bonds is 6. The zero-order valence-electron chi connectivity index (χ0n) is 16.9. The number of fused-ring (bicyclic) bond motifs is 1. The summed E-state index contributed by atoms with van der Waals surface area (Å²) < 4.78 is 5.38. The quantitative estimate of drug-likeness (QED) is 0.744. The number of hydrogen-bond acceptors (Lipinski definition) is 5. The van der Waals surface area contributed by atoms with Gasteiger partial charge in [0.15, 0.2) is 0 Å². The van der Waals surface area contributed by atoms with Crippen molar-refractivity contribution in [3.8, 4) is 0 Å². The topological polar surface area (TPSA) is 70.7 Å². The second-order valence-electron chi connectivity index (χ2n) is 7.62. The molecule has 2 aliphatic rings. The van der Waals surface area contributed by atoms with E-state index in [0.717, 1.165) is 62.6 Å². The number of amides is 2. The lowest BCUT2D eigenvalue weighted by Gasteiger charge is -2.26. The minimum absolute atomic E-state index is 0.0229. The number of para-hydroxylation sites is 1. The number of carbonyl (C=O) groups is 2. The van der Waals surface area contributed by atoms with E-state index in [2.05, 4.69) is 15.5 Å². The molecule has 1 saturated heterocycles. The number of anilines is 2. The van der Waals surface area contributed by atoms with Gasteiger partial charge >= 0.3 is 0 Å². The van der Waals surface area contributed by atoms with Gasteiger partial charge in [-0.15, -0.1) is 11.8 Å². The largest absolute Gasteiger partial charge is 0.379 e. The van der Waals surface area contributed by atoms with Crippen LogP contribution in [0.15, 0.2) is 48.5 Å². The van der Waals surface area contributed by atoms with Crippen molar-refractivity contribution in [1.82, 2.24) is 4.90 Å². The molecule has 0 aromatic heterocycles. The van der Waals surface area contributed by atoms with Gasteiger partial charge in [0, 0.05) is 31.0 Å². The molecule has 1 unspecified atom stereocenters. The molecule has 0 aliphatic carbocycles. The summed E-state index contributed by atoms with van der Waals surface area (Å²) in [6, 6.07) is 15.8. The molecule has 1 atom stereocenters. The Balaban J connectivity index is 1.24. The van der Waals surface area contributed by atoms with Crippen molar-refractivity contribution in [3.05, 3.63) is 59.7 Å². The molecule has 158 valence electrons. The smallest absolute Gasteiger partial charge is 0.237 e. The molecule has 4 rings (SSSR count). The Labute approximate surface area is 181 Å². The highest BCUT2D eigenvalue weighted by atomic mass is 32.2. The Kier molecular flexibility index (Phi) is 7.04. The van der Waals surface area contributed by atoms with Crippen molar-refractivity contribution in [2.45, 2.75) is 24.6 Å². The predicted molar refractivity (Wildman–Crippen MR) is 121 cm³/mol. The van der Waals surface area contributed by atoms with Crippen LogP contribution in [0.3, 0.4) is 0 Å². The molecule has 7 heteroatoms. The van der Waals surface area contributed by atoms with Crippen LogP contribution in [0, 0.1) is 0 Å². The summed E-state index contributed by atoms with van der Waals surface area (Å²) in [6.45, 7) is 4.38. The molecule has 30 heavy (non-hydrogen) atoms. The highest BCUT2D eigenvalue weighted by Gasteiger charge is 2.24. The average molecular weight is 426 g/mol. The fourth-order valence-electron chi connectivity index (χ4n) is 3.73. The van der Waals surface area contributed by atoms with Crippen molar-refractivity contribution < 1.29 is 14.3 Å². The molecule has 0 saturated carbocycles. The highest BCUT2D eigenvalue weighted by molar-refractivity contribution is 8.01. The normalized spacial score (nSPS) is 19.5. The second-order valence-corrected chi connectivity index (χ2v) is 8.81. The Hall–Kier alpha value is -2.35. The number of nitrogens with zero attached hydrogens (tertiary/aromatic N) is 1. The predicted octanol–water partition coefficient (Wildman–Crippen LogP) is 3.14. The van der Waals surface area contributed by atoms with Crippen molar-refractivity contribution in [3.63, 3.8) is 0 Å². The van der Waals surface area contributed by atoms with Gasteiger partial charge in [-0.2, -0.15) is 0 Å². The Morgan fingerprint density at radius 2 is 1.90 bits per heavy atom. The van der Waals surface area contributed by atoms with Crippen LogP contribution in [0.5, 0.6) is 0 Å². The lowest BCUT2D eigenvalue weighted by Crippen LogP contribution is -2.35. The fraction of sp³-hybridized carbons (Fsp3) is 0.391. The molecule has 2 heterocycles. The van der Waals surface area contributed by atoms with Crippen LogP contribution in [0.1, 0.15) is 17.5 Å². The third kappa shape index (κ3) is 5.62. The zero-order valence-corrected chi connectivity index (χ0v) is 17.7. The van der Waals surface area contributed by atoms with E-state index in [4.69, 9.17) is 4.74 Å². The minimum atomic E-state index is -0.223. The first-order chi connectivity index (χ1) is 14.7. The summed E-state index contributed by atoms with van der Waals surface area (Å²) in [5, 5.41) is 5.69. The van der Waals surface area contributed by atoms with Gasteiger partial charge in [-0.25, -0.2) is 0 Å². The maximum atomic E-state index is 12.5. The molecule has 2 amide bonds. The molecule has 0 radical (unpaired) electrons. The average Bonchev–Trinajstić information content (AvgIpc) is 2.92. The van der Waals surface area contributed by atoms with Crippen molar-refractivity contribution >= 4 is 35.0 Å². The third-order valence-corrected chi connectivity index (χ3v) is 6.69. The Morgan fingerprint density at radius 1 is 1.13 bits per heavy atom. The lowest BCUT2D eigenvalue weighted by molar-refractivity contribution is -0.115. The number of thioether (sulfide) groups is 1. The number of aryl methyl sites for hydroxylation is 1. The molecule has 1 fully saturated rings. The van der Waals surface area contributed by atoms with Crippen molar-refractivity contribution in [2.75, 3.05) is 42.7 Å². The van der Waals surface area contributed by atoms with Crippen LogP contribution < -0.4 is 10.6 Å². The van der Waals surface area contributed by atoms with Crippen LogP contribution in [0.2, 0.25) is 0 Å². The summed E-state index contributed by atoms with van der Waals surface area (Å²) in [5.41, 5.74) is 4.03. The summed E-state index contributed by atoms with van der Waals surface area (Å²) in [6.07, 6.45) is 1.57.